The van der Waals surface area contributed by atoms with Gasteiger partial charge in [0.25, 0.3) is 5.91 Å². The number of ether oxygens (including phenoxy) is 1. The lowest BCUT2D eigenvalue weighted by Gasteiger charge is -2.36. The molecule has 1 aliphatic carbocycles. The number of benzene rings is 1. The van der Waals surface area contributed by atoms with Gasteiger partial charge in [-0.25, -0.2) is 0 Å². The molecule has 2 aliphatic rings. The van der Waals surface area contributed by atoms with Crippen LogP contribution in [0.15, 0.2) is 24.3 Å². The van der Waals surface area contributed by atoms with Gasteiger partial charge in [-0.2, -0.15) is 0 Å². The van der Waals surface area contributed by atoms with Crippen LogP contribution in [-0.4, -0.2) is 51.8 Å². The molecule has 26 heavy (non-hydrogen) atoms. The summed E-state index contributed by atoms with van der Waals surface area (Å²) in [5.74, 6) is 2.45. The van der Waals surface area contributed by atoms with Crippen LogP contribution >= 0.6 is 0 Å². The van der Waals surface area contributed by atoms with Crippen molar-refractivity contribution in [2.75, 3.05) is 44.7 Å². The first-order valence-corrected chi connectivity index (χ1v) is 10.1. The van der Waals surface area contributed by atoms with Crippen LogP contribution in [0.2, 0.25) is 0 Å². The number of para-hydroxylation sites is 2. The van der Waals surface area contributed by atoms with E-state index in [0.29, 0.717) is 24.4 Å². The van der Waals surface area contributed by atoms with Gasteiger partial charge in [0.1, 0.15) is 5.75 Å². The Morgan fingerprint density at radius 1 is 1.23 bits per heavy atom. The Kier molecular flexibility index (Phi) is 6.41. The molecule has 0 spiro atoms. The van der Waals surface area contributed by atoms with Gasteiger partial charge in [0.15, 0.2) is 6.54 Å². The molecule has 5 heteroatoms. The fraction of sp³-hybridized carbons (Fsp3) is 0.667. The highest BCUT2D eigenvalue weighted by Gasteiger charge is 2.30. The Labute approximate surface area is 157 Å². The minimum Gasteiger partial charge on any atom is -0.495 e. The van der Waals surface area contributed by atoms with Crippen LogP contribution in [0, 0.1) is 11.8 Å². The minimum atomic E-state index is 0.219. The maximum Gasteiger partial charge on any atom is 0.275 e. The van der Waals surface area contributed by atoms with E-state index in [9.17, 15) is 4.79 Å². The molecule has 0 aromatic heterocycles. The average molecular weight is 361 g/mol. The molecule has 5 nitrogen and oxygen atoms in total. The summed E-state index contributed by atoms with van der Waals surface area (Å²) < 4.78 is 5.48. The Hall–Kier alpha value is -1.75. The molecule has 3 rings (SSSR count). The monoisotopic (exact) mass is 360 g/mol. The predicted molar refractivity (Wildman–Crippen MR) is 105 cm³/mol. The molecule has 1 saturated heterocycles. The molecule has 2 N–H and O–H groups in total. The van der Waals surface area contributed by atoms with Crippen molar-refractivity contribution in [1.29, 1.82) is 0 Å². The number of rotatable bonds is 5. The van der Waals surface area contributed by atoms with Crippen LogP contribution in [0.3, 0.4) is 0 Å². The summed E-state index contributed by atoms with van der Waals surface area (Å²) >= 11 is 0. The molecular weight excluding hydrogens is 326 g/mol. The zero-order valence-corrected chi connectivity index (χ0v) is 16.5. The first-order chi connectivity index (χ1) is 12.6. The molecule has 1 aromatic rings. The number of quaternary nitrogens is 1. The zero-order chi connectivity index (χ0) is 18.5. The van der Waals surface area contributed by atoms with Gasteiger partial charge < -0.3 is 19.9 Å². The SMILES string of the molecule is COc1ccccc1N1CC[NH+](CC(=O)N[C@H]2CCC[C@H](C)[C@H]2C)CC1. The van der Waals surface area contributed by atoms with Crippen LogP contribution in [0.25, 0.3) is 0 Å². The lowest BCUT2D eigenvalue weighted by atomic mass is 9.78. The van der Waals surface area contributed by atoms with Crippen LogP contribution in [0.5, 0.6) is 5.75 Å². The zero-order valence-electron chi connectivity index (χ0n) is 16.5. The van der Waals surface area contributed by atoms with E-state index in [1.165, 1.54) is 17.7 Å². The first kappa shape index (κ1) is 19.0. The summed E-state index contributed by atoms with van der Waals surface area (Å²) in [4.78, 5) is 16.3. The van der Waals surface area contributed by atoms with Crippen LogP contribution in [-0.2, 0) is 4.79 Å². The Bertz CT molecular complexity index is 599. The summed E-state index contributed by atoms with van der Waals surface area (Å²) in [6.45, 7) is 9.08. The molecule has 1 saturated carbocycles. The number of anilines is 1. The number of piperazine rings is 1. The maximum atomic E-state index is 12.5. The number of carbonyl (C=O) groups is 1. The molecule has 0 unspecified atom stereocenters. The lowest BCUT2D eigenvalue weighted by Crippen LogP contribution is -3.16. The molecule has 1 heterocycles. The number of amides is 1. The van der Waals surface area contributed by atoms with Crippen molar-refractivity contribution in [2.45, 2.75) is 39.2 Å². The smallest absolute Gasteiger partial charge is 0.275 e. The van der Waals surface area contributed by atoms with Gasteiger partial charge >= 0.3 is 0 Å². The van der Waals surface area contributed by atoms with E-state index in [1.807, 2.05) is 12.1 Å². The second kappa shape index (κ2) is 8.76. The van der Waals surface area contributed by atoms with Gasteiger partial charge in [0.05, 0.1) is 39.0 Å². The second-order valence-corrected chi connectivity index (χ2v) is 8.03. The van der Waals surface area contributed by atoms with E-state index in [0.717, 1.165) is 44.0 Å². The Morgan fingerprint density at radius 3 is 2.69 bits per heavy atom. The van der Waals surface area contributed by atoms with Crippen molar-refractivity contribution in [2.24, 2.45) is 11.8 Å². The highest BCUT2D eigenvalue weighted by molar-refractivity contribution is 5.77. The molecule has 144 valence electrons. The first-order valence-electron chi connectivity index (χ1n) is 10.1. The Morgan fingerprint density at radius 2 is 1.96 bits per heavy atom. The quantitative estimate of drug-likeness (QED) is 0.833. The summed E-state index contributed by atoms with van der Waals surface area (Å²) in [5, 5.41) is 3.31. The van der Waals surface area contributed by atoms with Crippen molar-refractivity contribution in [1.82, 2.24) is 5.32 Å². The van der Waals surface area contributed by atoms with Gasteiger partial charge in [-0.3, -0.25) is 4.79 Å². The van der Waals surface area contributed by atoms with Crippen molar-refractivity contribution in [3.8, 4) is 5.75 Å². The van der Waals surface area contributed by atoms with Gasteiger partial charge in [-0.15, -0.1) is 0 Å². The number of nitrogens with zero attached hydrogens (tertiary/aromatic N) is 1. The molecular formula is C21H34N3O2+. The van der Waals surface area contributed by atoms with E-state index < -0.39 is 0 Å². The predicted octanol–water partition coefficient (Wildman–Crippen LogP) is 1.34. The van der Waals surface area contributed by atoms with Crippen LogP contribution in [0.4, 0.5) is 5.69 Å². The number of nitrogens with one attached hydrogen (secondary N) is 2. The highest BCUT2D eigenvalue weighted by Crippen LogP contribution is 2.29. The average Bonchev–Trinajstić information content (AvgIpc) is 2.66. The van der Waals surface area contributed by atoms with E-state index in [4.69, 9.17) is 4.74 Å². The third-order valence-electron chi connectivity index (χ3n) is 6.36. The molecule has 0 radical (unpaired) electrons. The fourth-order valence-electron chi connectivity index (χ4n) is 4.40. The number of hydrogen-bond acceptors (Lipinski definition) is 3. The van der Waals surface area contributed by atoms with E-state index >= 15 is 0 Å². The summed E-state index contributed by atoms with van der Waals surface area (Å²) in [7, 11) is 1.72. The fourth-order valence-corrected chi connectivity index (χ4v) is 4.40. The number of carbonyl (C=O) groups excluding carboxylic acids is 1. The van der Waals surface area contributed by atoms with Crippen molar-refractivity contribution >= 4 is 11.6 Å². The van der Waals surface area contributed by atoms with Gasteiger partial charge in [0.2, 0.25) is 0 Å². The largest absolute Gasteiger partial charge is 0.495 e. The van der Waals surface area contributed by atoms with Gasteiger partial charge in [-0.05, 0) is 30.4 Å². The summed E-state index contributed by atoms with van der Waals surface area (Å²) in [6, 6.07) is 8.54. The van der Waals surface area contributed by atoms with Crippen LogP contribution in [0.1, 0.15) is 33.1 Å². The van der Waals surface area contributed by atoms with Gasteiger partial charge in [-0.1, -0.05) is 38.8 Å². The van der Waals surface area contributed by atoms with Crippen molar-refractivity contribution < 1.29 is 14.4 Å². The standard InChI is InChI=1S/C21H33N3O2/c1-16-7-6-8-18(17(16)2)22-21(25)15-23-11-13-24(14-12-23)19-9-4-5-10-20(19)26-3/h4-5,9-10,16-18H,6-8,11-15H2,1-3H3,(H,22,25)/p+1/t16-,17+,18-/m0/s1. The molecule has 1 amide bonds. The molecule has 1 aliphatic heterocycles. The minimum absolute atomic E-state index is 0.219. The van der Waals surface area contributed by atoms with Crippen LogP contribution < -0.4 is 19.9 Å². The van der Waals surface area contributed by atoms with Crippen molar-refractivity contribution in [3.63, 3.8) is 0 Å². The van der Waals surface area contributed by atoms with E-state index in [-0.39, 0.29) is 5.91 Å². The maximum absolute atomic E-state index is 12.5. The third-order valence-corrected chi connectivity index (χ3v) is 6.36. The Balaban J connectivity index is 1.47. The summed E-state index contributed by atoms with van der Waals surface area (Å²) in [6.07, 6.45) is 3.67. The lowest BCUT2D eigenvalue weighted by molar-refractivity contribution is -0.892. The number of methoxy groups -OCH3 is 1. The van der Waals surface area contributed by atoms with Gasteiger partial charge in [0, 0.05) is 6.04 Å². The normalized spacial score (nSPS) is 27.2. The molecule has 1 aromatic carbocycles. The number of hydrogen-bond donors (Lipinski definition) is 2. The second-order valence-electron chi connectivity index (χ2n) is 8.03. The highest BCUT2D eigenvalue weighted by atomic mass is 16.5. The van der Waals surface area contributed by atoms with Crippen molar-refractivity contribution in [3.05, 3.63) is 24.3 Å². The van der Waals surface area contributed by atoms with E-state index in [1.54, 1.807) is 7.11 Å². The molecule has 2 fully saturated rings. The molecule has 3 atom stereocenters. The topological polar surface area (TPSA) is 46.0 Å². The third kappa shape index (κ3) is 4.50. The van der Waals surface area contributed by atoms with E-state index in [2.05, 4.69) is 36.2 Å². The molecule has 0 bridgehead atoms. The summed E-state index contributed by atoms with van der Waals surface area (Å²) in [5.41, 5.74) is 1.16.